The number of rotatable bonds is 4. The Bertz CT molecular complexity index is 459. The summed E-state index contributed by atoms with van der Waals surface area (Å²) < 4.78 is 5.43. The largest absolute Gasteiger partial charge is 0.481 e. The molecule has 1 fully saturated rings. The number of benzene rings is 1. The number of hydrogen-bond acceptors (Lipinski definition) is 2. The minimum absolute atomic E-state index is 0.0628. The lowest BCUT2D eigenvalue weighted by Gasteiger charge is -2.29. The van der Waals surface area contributed by atoms with Crippen LogP contribution in [0.1, 0.15) is 32.6 Å². The Morgan fingerprint density at radius 2 is 1.95 bits per heavy atom. The summed E-state index contributed by atoms with van der Waals surface area (Å²) in [6.45, 7) is 2.11. The van der Waals surface area contributed by atoms with Gasteiger partial charge in [0, 0.05) is 6.04 Å². The molecule has 0 spiro atoms. The molecule has 1 N–H and O–H groups in total. The summed E-state index contributed by atoms with van der Waals surface area (Å²) in [6.07, 6.45) is 4.63. The van der Waals surface area contributed by atoms with Gasteiger partial charge in [0.2, 0.25) is 0 Å². The molecule has 3 nitrogen and oxygen atoms in total. The van der Waals surface area contributed by atoms with Crippen molar-refractivity contribution in [2.75, 3.05) is 6.61 Å². The lowest BCUT2D eigenvalue weighted by molar-refractivity contribution is -0.124. The van der Waals surface area contributed by atoms with Gasteiger partial charge in [-0.2, -0.15) is 0 Å². The molecule has 110 valence electrons. The highest BCUT2D eigenvalue weighted by molar-refractivity contribution is 6.37. The highest BCUT2D eigenvalue weighted by Crippen LogP contribution is 2.32. The normalized spacial score (nSPS) is 22.4. The summed E-state index contributed by atoms with van der Waals surface area (Å²) in [6, 6.07) is 5.36. The highest BCUT2D eigenvalue weighted by Gasteiger charge is 2.23. The van der Waals surface area contributed by atoms with Gasteiger partial charge in [-0.05, 0) is 30.9 Å². The molecule has 0 aliphatic heterocycles. The first kappa shape index (κ1) is 15.5. The van der Waals surface area contributed by atoms with Crippen LogP contribution in [0.5, 0.6) is 5.75 Å². The molecular weight excluding hydrogens is 297 g/mol. The van der Waals surface area contributed by atoms with Crippen LogP contribution in [0.3, 0.4) is 0 Å². The molecule has 1 aliphatic carbocycles. The predicted molar refractivity (Wildman–Crippen MR) is 81.5 cm³/mol. The average molecular weight is 316 g/mol. The third-order valence-corrected chi connectivity index (χ3v) is 4.32. The predicted octanol–water partition coefficient (Wildman–Crippen LogP) is 4.07. The summed E-state index contributed by atoms with van der Waals surface area (Å²) in [5, 5.41) is 3.85. The van der Waals surface area contributed by atoms with E-state index in [1.54, 1.807) is 18.2 Å². The van der Waals surface area contributed by atoms with Gasteiger partial charge in [0.1, 0.15) is 0 Å². The summed E-state index contributed by atoms with van der Waals surface area (Å²) >= 11 is 12.0. The number of nitrogens with one attached hydrogen (secondary N) is 1. The smallest absolute Gasteiger partial charge is 0.258 e. The maximum absolute atomic E-state index is 11.9. The van der Waals surface area contributed by atoms with Gasteiger partial charge in [-0.25, -0.2) is 0 Å². The van der Waals surface area contributed by atoms with Crippen molar-refractivity contribution < 1.29 is 9.53 Å². The Morgan fingerprint density at radius 1 is 1.30 bits per heavy atom. The molecule has 1 aromatic rings. The summed E-state index contributed by atoms with van der Waals surface area (Å²) in [7, 11) is 0. The first-order valence-corrected chi connectivity index (χ1v) is 7.69. The fourth-order valence-electron chi connectivity index (χ4n) is 2.54. The molecule has 0 bridgehead atoms. The molecule has 0 unspecified atom stereocenters. The van der Waals surface area contributed by atoms with Gasteiger partial charge in [0.15, 0.2) is 12.4 Å². The third-order valence-electron chi connectivity index (χ3n) is 3.72. The Morgan fingerprint density at radius 3 is 2.60 bits per heavy atom. The molecule has 0 saturated heterocycles. The number of para-hydroxylation sites is 1. The van der Waals surface area contributed by atoms with Crippen LogP contribution in [0.15, 0.2) is 18.2 Å². The molecule has 5 heteroatoms. The first-order chi connectivity index (χ1) is 9.58. The Labute approximate surface area is 129 Å². The highest BCUT2D eigenvalue weighted by atomic mass is 35.5. The van der Waals surface area contributed by atoms with Crippen LogP contribution in [0.4, 0.5) is 0 Å². The standard InChI is InChI=1S/C15H19Cl2NO2/c1-10-5-2-3-8-13(10)18-14(19)9-20-15-11(16)6-4-7-12(15)17/h4,6-7,10,13H,2-3,5,8-9H2,1H3,(H,18,19)/t10-,13+/m1/s1. The molecule has 1 aromatic carbocycles. The molecule has 20 heavy (non-hydrogen) atoms. The Hall–Kier alpha value is -0.930. The van der Waals surface area contributed by atoms with E-state index in [9.17, 15) is 4.79 Å². The minimum Gasteiger partial charge on any atom is -0.481 e. The van der Waals surface area contributed by atoms with Gasteiger partial charge >= 0.3 is 0 Å². The van der Waals surface area contributed by atoms with Crippen LogP contribution in [0, 0.1) is 5.92 Å². The number of halogens is 2. The van der Waals surface area contributed by atoms with Crippen molar-refractivity contribution >= 4 is 29.1 Å². The van der Waals surface area contributed by atoms with Gasteiger partial charge < -0.3 is 10.1 Å². The summed E-state index contributed by atoms with van der Waals surface area (Å²) in [4.78, 5) is 11.9. The van der Waals surface area contributed by atoms with Gasteiger partial charge in [-0.3, -0.25) is 4.79 Å². The topological polar surface area (TPSA) is 38.3 Å². The zero-order valence-electron chi connectivity index (χ0n) is 11.5. The van der Waals surface area contributed by atoms with Crippen LogP contribution in [-0.4, -0.2) is 18.6 Å². The second-order valence-electron chi connectivity index (χ2n) is 5.28. The molecule has 2 atom stereocenters. The van der Waals surface area contributed by atoms with Crippen molar-refractivity contribution in [2.45, 2.75) is 38.6 Å². The van der Waals surface area contributed by atoms with Crippen molar-refractivity contribution in [2.24, 2.45) is 5.92 Å². The van der Waals surface area contributed by atoms with E-state index in [2.05, 4.69) is 12.2 Å². The van der Waals surface area contributed by atoms with E-state index in [0.717, 1.165) is 6.42 Å². The van der Waals surface area contributed by atoms with Gasteiger partial charge in [0.25, 0.3) is 5.91 Å². The summed E-state index contributed by atoms with van der Waals surface area (Å²) in [5.74, 6) is 0.763. The van der Waals surface area contributed by atoms with E-state index >= 15 is 0 Å². The van der Waals surface area contributed by atoms with Gasteiger partial charge in [-0.15, -0.1) is 0 Å². The molecule has 1 saturated carbocycles. The molecule has 2 rings (SSSR count). The third kappa shape index (κ3) is 4.03. The number of hydrogen-bond donors (Lipinski definition) is 1. The zero-order valence-corrected chi connectivity index (χ0v) is 13.0. The fourth-order valence-corrected chi connectivity index (χ4v) is 3.04. The second kappa shape index (κ2) is 7.19. The van der Waals surface area contributed by atoms with Crippen LogP contribution in [0.2, 0.25) is 10.0 Å². The molecule has 0 aromatic heterocycles. The van der Waals surface area contributed by atoms with E-state index in [-0.39, 0.29) is 18.6 Å². The van der Waals surface area contributed by atoms with Crippen molar-refractivity contribution in [3.05, 3.63) is 28.2 Å². The lowest BCUT2D eigenvalue weighted by Crippen LogP contribution is -2.43. The van der Waals surface area contributed by atoms with E-state index in [4.69, 9.17) is 27.9 Å². The molecular formula is C15H19Cl2NO2. The molecule has 1 aliphatic rings. The molecule has 0 heterocycles. The van der Waals surface area contributed by atoms with E-state index in [1.165, 1.54) is 19.3 Å². The van der Waals surface area contributed by atoms with Crippen LogP contribution in [0.25, 0.3) is 0 Å². The fraction of sp³-hybridized carbons (Fsp3) is 0.533. The molecule has 0 radical (unpaired) electrons. The number of amides is 1. The maximum Gasteiger partial charge on any atom is 0.258 e. The van der Waals surface area contributed by atoms with Gasteiger partial charge in [0.05, 0.1) is 10.0 Å². The number of ether oxygens (including phenoxy) is 1. The monoisotopic (exact) mass is 315 g/mol. The maximum atomic E-state index is 11.9. The SMILES string of the molecule is C[C@@H]1CCCC[C@@H]1NC(=O)COc1c(Cl)cccc1Cl. The van der Waals surface area contributed by atoms with Crippen molar-refractivity contribution in [1.82, 2.24) is 5.32 Å². The van der Waals surface area contributed by atoms with Crippen molar-refractivity contribution in [3.8, 4) is 5.75 Å². The minimum atomic E-state index is -0.125. The molecule has 1 amide bonds. The van der Waals surface area contributed by atoms with E-state index in [0.29, 0.717) is 21.7 Å². The number of carbonyl (C=O) groups excluding carboxylic acids is 1. The first-order valence-electron chi connectivity index (χ1n) is 6.94. The van der Waals surface area contributed by atoms with Crippen LogP contribution < -0.4 is 10.1 Å². The van der Waals surface area contributed by atoms with E-state index < -0.39 is 0 Å². The summed E-state index contributed by atoms with van der Waals surface area (Å²) in [5.41, 5.74) is 0. The quantitative estimate of drug-likeness (QED) is 0.909. The van der Waals surface area contributed by atoms with Crippen LogP contribution >= 0.6 is 23.2 Å². The second-order valence-corrected chi connectivity index (χ2v) is 6.09. The number of carbonyl (C=O) groups is 1. The van der Waals surface area contributed by atoms with Crippen molar-refractivity contribution in [1.29, 1.82) is 0 Å². The van der Waals surface area contributed by atoms with Crippen molar-refractivity contribution in [3.63, 3.8) is 0 Å². The van der Waals surface area contributed by atoms with Gasteiger partial charge in [-0.1, -0.05) is 49.0 Å². The average Bonchev–Trinajstić information content (AvgIpc) is 2.41. The lowest BCUT2D eigenvalue weighted by atomic mass is 9.86. The van der Waals surface area contributed by atoms with Crippen LogP contribution in [-0.2, 0) is 4.79 Å². The zero-order chi connectivity index (χ0) is 14.5. The Balaban J connectivity index is 1.86. The van der Waals surface area contributed by atoms with E-state index in [1.807, 2.05) is 0 Å². The Kier molecular flexibility index (Phi) is 5.55.